The van der Waals surface area contributed by atoms with Gasteiger partial charge in [-0.2, -0.15) is 0 Å². The van der Waals surface area contributed by atoms with Crippen LogP contribution in [0.5, 0.6) is 5.75 Å². The van der Waals surface area contributed by atoms with Gasteiger partial charge < -0.3 is 10.4 Å². The van der Waals surface area contributed by atoms with Crippen molar-refractivity contribution >= 4 is 22.9 Å². The van der Waals surface area contributed by atoms with Crippen LogP contribution in [0.2, 0.25) is 0 Å². The molecule has 0 saturated heterocycles. The molecule has 0 bridgehead atoms. The third-order valence-electron chi connectivity index (χ3n) is 4.27. The first kappa shape index (κ1) is 17.6. The monoisotopic (exact) mass is 353 g/mol. The lowest BCUT2D eigenvalue weighted by molar-refractivity contribution is -0.383. The molecular weight excluding hydrogens is 334 g/mol. The number of amides is 1. The minimum Gasteiger partial charge on any atom is -0.508 e. The van der Waals surface area contributed by atoms with Gasteiger partial charge in [0.1, 0.15) is 11.4 Å². The molecule has 0 saturated carbocycles. The number of anilines is 1. The van der Waals surface area contributed by atoms with Crippen molar-refractivity contribution in [3.05, 3.63) is 70.3 Å². The quantitative estimate of drug-likeness (QED) is 0.636. The number of nitro benzene ring substituents is 1. The SMILES string of the molecule is O=C(CN1CC=C(c2ccc(O)cc2)CC1)Nc1ccccc1[N+](=O)[O-]. The van der Waals surface area contributed by atoms with Crippen LogP contribution in [0.3, 0.4) is 0 Å². The van der Waals surface area contributed by atoms with Crippen LogP contribution in [0.15, 0.2) is 54.6 Å². The molecule has 3 rings (SSSR count). The lowest BCUT2D eigenvalue weighted by atomic mass is 9.99. The van der Waals surface area contributed by atoms with E-state index in [1.165, 1.54) is 17.7 Å². The number of nitrogens with one attached hydrogen (secondary N) is 1. The Labute approximate surface area is 150 Å². The number of nitrogens with zero attached hydrogens (tertiary/aromatic N) is 2. The van der Waals surface area contributed by atoms with Crippen molar-refractivity contribution in [3.63, 3.8) is 0 Å². The molecule has 7 nitrogen and oxygen atoms in total. The van der Waals surface area contributed by atoms with E-state index in [9.17, 15) is 20.0 Å². The van der Waals surface area contributed by atoms with Gasteiger partial charge in [-0.25, -0.2) is 0 Å². The van der Waals surface area contributed by atoms with E-state index in [-0.39, 0.29) is 29.6 Å². The Bertz CT molecular complexity index is 846. The van der Waals surface area contributed by atoms with Gasteiger partial charge >= 0.3 is 0 Å². The third-order valence-corrected chi connectivity index (χ3v) is 4.27. The third kappa shape index (κ3) is 4.25. The van der Waals surface area contributed by atoms with Gasteiger partial charge in [0.2, 0.25) is 5.91 Å². The Hall–Kier alpha value is -3.19. The molecular formula is C19H19N3O4. The molecule has 0 fully saturated rings. The van der Waals surface area contributed by atoms with Gasteiger partial charge in [-0.1, -0.05) is 30.3 Å². The maximum Gasteiger partial charge on any atom is 0.292 e. The molecule has 2 aromatic rings. The molecule has 1 aliphatic rings. The molecule has 2 aromatic carbocycles. The second-order valence-electron chi connectivity index (χ2n) is 6.08. The lowest BCUT2D eigenvalue weighted by Crippen LogP contribution is -2.36. The molecule has 0 unspecified atom stereocenters. The highest BCUT2D eigenvalue weighted by Crippen LogP contribution is 2.25. The van der Waals surface area contributed by atoms with Crippen LogP contribution in [-0.2, 0) is 4.79 Å². The van der Waals surface area contributed by atoms with Crippen LogP contribution in [-0.4, -0.2) is 40.5 Å². The fraction of sp³-hybridized carbons (Fsp3) is 0.211. The molecule has 0 atom stereocenters. The predicted molar refractivity (Wildman–Crippen MR) is 98.9 cm³/mol. The largest absolute Gasteiger partial charge is 0.508 e. The number of rotatable bonds is 5. The number of hydrogen-bond acceptors (Lipinski definition) is 5. The van der Waals surface area contributed by atoms with E-state index in [2.05, 4.69) is 11.4 Å². The second kappa shape index (κ2) is 7.79. The summed E-state index contributed by atoms with van der Waals surface area (Å²) in [6.45, 7) is 1.52. The summed E-state index contributed by atoms with van der Waals surface area (Å²) in [5.74, 6) is -0.0424. The Morgan fingerprint density at radius 2 is 1.92 bits per heavy atom. The maximum atomic E-state index is 12.2. The van der Waals surface area contributed by atoms with Gasteiger partial charge in [-0.15, -0.1) is 0 Å². The van der Waals surface area contributed by atoms with E-state index in [0.717, 1.165) is 18.5 Å². The van der Waals surface area contributed by atoms with Crippen LogP contribution in [0, 0.1) is 10.1 Å². The lowest BCUT2D eigenvalue weighted by Gasteiger charge is -2.25. The van der Waals surface area contributed by atoms with E-state index in [1.54, 1.807) is 24.3 Å². The summed E-state index contributed by atoms with van der Waals surface area (Å²) in [5.41, 5.74) is 2.33. The molecule has 2 N–H and O–H groups in total. The molecule has 0 aliphatic carbocycles. The van der Waals surface area contributed by atoms with Gasteiger partial charge in [-0.3, -0.25) is 19.8 Å². The first-order valence-electron chi connectivity index (χ1n) is 8.27. The zero-order valence-electron chi connectivity index (χ0n) is 14.1. The van der Waals surface area contributed by atoms with Crippen molar-refractivity contribution < 1.29 is 14.8 Å². The predicted octanol–water partition coefficient (Wildman–Crippen LogP) is 3.03. The Morgan fingerprint density at radius 1 is 1.19 bits per heavy atom. The zero-order valence-corrected chi connectivity index (χ0v) is 14.1. The molecule has 7 heteroatoms. The van der Waals surface area contributed by atoms with Gasteiger partial charge in [-0.05, 0) is 35.8 Å². The summed E-state index contributed by atoms with van der Waals surface area (Å²) in [6.07, 6.45) is 2.86. The van der Waals surface area contributed by atoms with E-state index in [0.29, 0.717) is 6.54 Å². The molecule has 1 aliphatic heterocycles. The fourth-order valence-electron chi connectivity index (χ4n) is 2.92. The van der Waals surface area contributed by atoms with Crippen molar-refractivity contribution in [1.82, 2.24) is 4.90 Å². The molecule has 0 aromatic heterocycles. The van der Waals surface area contributed by atoms with E-state index >= 15 is 0 Å². The molecule has 134 valence electrons. The molecule has 1 amide bonds. The van der Waals surface area contributed by atoms with Crippen molar-refractivity contribution in [2.45, 2.75) is 6.42 Å². The van der Waals surface area contributed by atoms with Crippen molar-refractivity contribution in [2.24, 2.45) is 0 Å². The fourth-order valence-corrected chi connectivity index (χ4v) is 2.92. The number of hydrogen-bond donors (Lipinski definition) is 2. The number of phenols is 1. The standard InChI is InChI=1S/C19H19N3O4/c23-16-7-5-14(6-8-16)15-9-11-21(12-10-15)13-19(24)20-17-3-1-2-4-18(17)22(25)26/h1-9,23H,10-13H2,(H,20,24). The number of carbonyl (C=O) groups is 1. The summed E-state index contributed by atoms with van der Waals surface area (Å²) >= 11 is 0. The number of aromatic hydroxyl groups is 1. The van der Waals surface area contributed by atoms with Crippen molar-refractivity contribution in [3.8, 4) is 5.75 Å². The van der Waals surface area contributed by atoms with Crippen LogP contribution in [0.4, 0.5) is 11.4 Å². The summed E-state index contributed by atoms with van der Waals surface area (Å²) in [4.78, 5) is 24.7. The molecule has 0 radical (unpaired) electrons. The van der Waals surface area contributed by atoms with Crippen LogP contribution < -0.4 is 5.32 Å². The van der Waals surface area contributed by atoms with Crippen LogP contribution in [0.1, 0.15) is 12.0 Å². The van der Waals surface area contributed by atoms with Crippen molar-refractivity contribution in [1.29, 1.82) is 0 Å². The van der Waals surface area contributed by atoms with Gasteiger partial charge in [0.25, 0.3) is 5.69 Å². The van der Waals surface area contributed by atoms with Gasteiger partial charge in [0.15, 0.2) is 0 Å². The summed E-state index contributed by atoms with van der Waals surface area (Å²) in [6, 6.07) is 13.2. The zero-order chi connectivity index (χ0) is 18.5. The number of benzene rings is 2. The minimum atomic E-state index is -0.511. The Balaban J connectivity index is 1.58. The van der Waals surface area contributed by atoms with E-state index in [1.807, 2.05) is 17.0 Å². The highest BCUT2D eigenvalue weighted by atomic mass is 16.6. The van der Waals surface area contributed by atoms with Gasteiger partial charge in [0, 0.05) is 19.2 Å². The number of carbonyl (C=O) groups excluding carboxylic acids is 1. The molecule has 0 spiro atoms. The number of para-hydroxylation sites is 2. The average molecular weight is 353 g/mol. The smallest absolute Gasteiger partial charge is 0.292 e. The van der Waals surface area contributed by atoms with Crippen LogP contribution in [0.25, 0.3) is 5.57 Å². The van der Waals surface area contributed by atoms with Gasteiger partial charge in [0.05, 0.1) is 11.5 Å². The van der Waals surface area contributed by atoms with Crippen LogP contribution >= 0.6 is 0 Å². The summed E-state index contributed by atoms with van der Waals surface area (Å²) in [7, 11) is 0. The molecule has 1 heterocycles. The topological polar surface area (TPSA) is 95.7 Å². The highest BCUT2D eigenvalue weighted by Gasteiger charge is 2.18. The second-order valence-corrected chi connectivity index (χ2v) is 6.08. The number of phenolic OH excluding ortho intramolecular Hbond substituents is 1. The molecule has 26 heavy (non-hydrogen) atoms. The van der Waals surface area contributed by atoms with Crippen molar-refractivity contribution in [2.75, 3.05) is 25.0 Å². The normalized spacial score (nSPS) is 14.5. The number of nitro groups is 1. The maximum absolute atomic E-state index is 12.2. The summed E-state index contributed by atoms with van der Waals surface area (Å²) < 4.78 is 0. The Kier molecular flexibility index (Phi) is 5.28. The average Bonchev–Trinajstić information content (AvgIpc) is 2.63. The first-order valence-corrected chi connectivity index (χ1v) is 8.27. The van der Waals surface area contributed by atoms with E-state index < -0.39 is 4.92 Å². The highest BCUT2D eigenvalue weighted by molar-refractivity contribution is 5.94. The Morgan fingerprint density at radius 3 is 2.58 bits per heavy atom. The minimum absolute atomic E-state index is 0.117. The first-order chi connectivity index (χ1) is 12.5. The van der Waals surface area contributed by atoms with E-state index in [4.69, 9.17) is 0 Å². The summed E-state index contributed by atoms with van der Waals surface area (Å²) in [5, 5.41) is 23.0.